The first kappa shape index (κ1) is 16.5. The summed E-state index contributed by atoms with van der Waals surface area (Å²) in [5.74, 6) is 0.863. The van der Waals surface area contributed by atoms with E-state index in [4.69, 9.17) is 4.74 Å². The van der Waals surface area contributed by atoms with Crippen molar-refractivity contribution in [1.82, 2.24) is 0 Å². The van der Waals surface area contributed by atoms with Gasteiger partial charge in [0.05, 0.1) is 7.11 Å². The first-order valence-electron chi connectivity index (χ1n) is 7.17. The van der Waals surface area contributed by atoms with Gasteiger partial charge in [0.15, 0.2) is 0 Å². The van der Waals surface area contributed by atoms with Crippen LogP contribution in [0.3, 0.4) is 0 Å². The summed E-state index contributed by atoms with van der Waals surface area (Å²) in [5.41, 5.74) is 4.26. The lowest BCUT2D eigenvalue weighted by Crippen LogP contribution is -1.94. The monoisotopic (exact) mass is 358 g/mol. The molecule has 0 N–H and O–H groups in total. The van der Waals surface area contributed by atoms with Gasteiger partial charge in [0, 0.05) is 4.47 Å². The summed E-state index contributed by atoms with van der Waals surface area (Å²) in [7, 11) is 1.67. The van der Waals surface area contributed by atoms with E-state index in [0.717, 1.165) is 40.5 Å². The molecule has 0 saturated heterocycles. The average Bonchev–Trinajstić information content (AvgIpc) is 2.52. The van der Waals surface area contributed by atoms with Gasteiger partial charge in [-0.1, -0.05) is 34.1 Å². The van der Waals surface area contributed by atoms with Gasteiger partial charge in [0.25, 0.3) is 0 Å². The number of aldehydes is 1. The maximum Gasteiger partial charge on any atom is 0.146 e. The van der Waals surface area contributed by atoms with Crippen molar-refractivity contribution in [2.24, 2.45) is 0 Å². The van der Waals surface area contributed by atoms with E-state index in [2.05, 4.69) is 28.9 Å². The molecule has 0 heterocycles. The fourth-order valence-corrected chi connectivity index (χ4v) is 2.75. The molecule has 0 spiro atoms. The van der Waals surface area contributed by atoms with Crippen molar-refractivity contribution in [3.63, 3.8) is 0 Å². The Labute approximate surface area is 139 Å². The van der Waals surface area contributed by atoms with Crippen LogP contribution in [0.1, 0.15) is 23.1 Å². The minimum atomic E-state index is 0.725. The molecular formula is C19H19BrO2. The zero-order chi connectivity index (χ0) is 15.9. The quantitative estimate of drug-likeness (QED) is 0.537. The summed E-state index contributed by atoms with van der Waals surface area (Å²) in [4.78, 5) is 11.3. The molecular weight excluding hydrogens is 340 g/mol. The Morgan fingerprint density at radius 3 is 2.68 bits per heavy atom. The average molecular weight is 359 g/mol. The molecule has 0 bridgehead atoms. The summed E-state index contributed by atoms with van der Waals surface area (Å²) in [5, 5.41) is 0. The number of hydrogen-bond acceptors (Lipinski definition) is 2. The Hall–Kier alpha value is -1.87. The fourth-order valence-electron chi connectivity index (χ4n) is 2.33. The lowest BCUT2D eigenvalue weighted by atomic mass is 9.99. The van der Waals surface area contributed by atoms with Crippen LogP contribution in [-0.4, -0.2) is 13.4 Å². The van der Waals surface area contributed by atoms with Gasteiger partial charge in [-0.3, -0.25) is 4.79 Å². The second-order valence-corrected chi connectivity index (χ2v) is 6.10. The van der Waals surface area contributed by atoms with Crippen molar-refractivity contribution in [2.45, 2.75) is 19.8 Å². The number of halogens is 1. The van der Waals surface area contributed by atoms with Crippen LogP contribution in [0.25, 0.3) is 6.08 Å². The van der Waals surface area contributed by atoms with E-state index in [0.29, 0.717) is 0 Å². The number of ether oxygens (including phenoxy) is 1. The van der Waals surface area contributed by atoms with Gasteiger partial charge in [0.1, 0.15) is 12.0 Å². The van der Waals surface area contributed by atoms with E-state index < -0.39 is 0 Å². The molecule has 2 nitrogen and oxygen atoms in total. The van der Waals surface area contributed by atoms with Crippen LogP contribution >= 0.6 is 15.9 Å². The summed E-state index contributed by atoms with van der Waals surface area (Å²) in [6.07, 6.45) is 4.45. The number of carbonyl (C=O) groups excluding carboxylic acids is 1. The number of methoxy groups -OCH3 is 1. The van der Waals surface area contributed by atoms with Crippen LogP contribution in [0.4, 0.5) is 0 Å². The number of rotatable bonds is 6. The lowest BCUT2D eigenvalue weighted by molar-refractivity contribution is -0.105. The molecule has 0 amide bonds. The van der Waals surface area contributed by atoms with Gasteiger partial charge in [-0.25, -0.2) is 0 Å². The molecule has 0 radical (unpaired) electrons. The van der Waals surface area contributed by atoms with E-state index in [1.165, 1.54) is 11.1 Å². The highest BCUT2D eigenvalue weighted by molar-refractivity contribution is 9.10. The first-order valence-corrected chi connectivity index (χ1v) is 7.96. The Bertz CT molecular complexity index is 690. The SMILES string of the molecule is COc1ccc(CC/C(C=O)=C\c2cccc(Br)c2)c(C)c1. The normalized spacial score (nSPS) is 11.3. The van der Waals surface area contributed by atoms with Crippen molar-refractivity contribution < 1.29 is 9.53 Å². The molecule has 2 rings (SSSR count). The molecule has 0 fully saturated rings. The van der Waals surface area contributed by atoms with Gasteiger partial charge >= 0.3 is 0 Å². The van der Waals surface area contributed by atoms with Crippen LogP contribution < -0.4 is 4.74 Å². The molecule has 0 saturated carbocycles. The predicted octanol–water partition coefficient (Wildman–Crippen LogP) is 4.98. The fraction of sp³-hybridized carbons (Fsp3) is 0.211. The van der Waals surface area contributed by atoms with Crippen molar-refractivity contribution in [3.8, 4) is 5.75 Å². The highest BCUT2D eigenvalue weighted by atomic mass is 79.9. The van der Waals surface area contributed by atoms with Crippen LogP contribution in [-0.2, 0) is 11.2 Å². The van der Waals surface area contributed by atoms with Crippen LogP contribution in [0, 0.1) is 6.92 Å². The second-order valence-electron chi connectivity index (χ2n) is 5.18. The zero-order valence-electron chi connectivity index (χ0n) is 12.8. The molecule has 2 aromatic rings. The largest absolute Gasteiger partial charge is 0.497 e. The van der Waals surface area contributed by atoms with E-state index in [-0.39, 0.29) is 0 Å². The molecule has 0 aliphatic rings. The number of carbonyl (C=O) groups is 1. The first-order chi connectivity index (χ1) is 10.6. The van der Waals surface area contributed by atoms with Gasteiger partial charge in [-0.05, 0) is 72.4 Å². The molecule has 0 atom stereocenters. The number of aryl methyl sites for hydroxylation is 2. The van der Waals surface area contributed by atoms with Crippen LogP contribution in [0.2, 0.25) is 0 Å². The van der Waals surface area contributed by atoms with Crippen LogP contribution in [0.15, 0.2) is 52.5 Å². The third-order valence-corrected chi connectivity index (χ3v) is 4.08. The third-order valence-electron chi connectivity index (χ3n) is 3.58. The summed E-state index contributed by atoms with van der Waals surface area (Å²) < 4.78 is 6.23. The molecule has 0 aliphatic heterocycles. The summed E-state index contributed by atoms with van der Waals surface area (Å²) in [6, 6.07) is 14.0. The van der Waals surface area contributed by atoms with Gasteiger partial charge in [0.2, 0.25) is 0 Å². The van der Waals surface area contributed by atoms with E-state index in [1.54, 1.807) is 7.11 Å². The van der Waals surface area contributed by atoms with E-state index in [9.17, 15) is 4.79 Å². The summed E-state index contributed by atoms with van der Waals surface area (Å²) >= 11 is 3.44. The maximum atomic E-state index is 11.3. The molecule has 0 aliphatic carbocycles. The van der Waals surface area contributed by atoms with Crippen molar-refractivity contribution in [1.29, 1.82) is 0 Å². The second kappa shape index (κ2) is 7.95. The molecule has 22 heavy (non-hydrogen) atoms. The number of allylic oxidation sites excluding steroid dienone is 1. The Morgan fingerprint density at radius 1 is 1.23 bits per heavy atom. The van der Waals surface area contributed by atoms with Crippen molar-refractivity contribution >= 4 is 28.3 Å². The van der Waals surface area contributed by atoms with Gasteiger partial charge in [-0.2, -0.15) is 0 Å². The van der Waals surface area contributed by atoms with E-state index >= 15 is 0 Å². The number of hydrogen-bond donors (Lipinski definition) is 0. The minimum Gasteiger partial charge on any atom is -0.497 e. The molecule has 0 aromatic heterocycles. The Balaban J connectivity index is 2.09. The van der Waals surface area contributed by atoms with Gasteiger partial charge in [-0.15, -0.1) is 0 Å². The van der Waals surface area contributed by atoms with Crippen LogP contribution in [0.5, 0.6) is 5.75 Å². The van der Waals surface area contributed by atoms with Crippen molar-refractivity contribution in [3.05, 3.63) is 69.2 Å². The zero-order valence-corrected chi connectivity index (χ0v) is 14.4. The van der Waals surface area contributed by atoms with Crippen molar-refractivity contribution in [2.75, 3.05) is 7.11 Å². The Morgan fingerprint density at radius 2 is 2.05 bits per heavy atom. The molecule has 114 valence electrons. The minimum absolute atomic E-state index is 0.725. The smallest absolute Gasteiger partial charge is 0.146 e. The van der Waals surface area contributed by atoms with Gasteiger partial charge < -0.3 is 4.74 Å². The third kappa shape index (κ3) is 4.57. The lowest BCUT2D eigenvalue weighted by Gasteiger charge is -2.08. The topological polar surface area (TPSA) is 26.3 Å². The standard InChI is InChI=1S/C19H19BrO2/c1-14-10-19(22-2)9-8-17(14)7-6-16(13-21)11-15-4-3-5-18(20)12-15/h3-5,8-13H,6-7H2,1-2H3/b16-11+. The highest BCUT2D eigenvalue weighted by Crippen LogP contribution is 2.20. The molecule has 2 aromatic carbocycles. The summed E-state index contributed by atoms with van der Waals surface area (Å²) in [6.45, 7) is 2.07. The highest BCUT2D eigenvalue weighted by Gasteiger charge is 2.03. The molecule has 3 heteroatoms. The molecule has 0 unspecified atom stereocenters. The van der Waals surface area contributed by atoms with E-state index in [1.807, 2.05) is 42.5 Å². The number of benzene rings is 2. The Kier molecular flexibility index (Phi) is 5.96. The maximum absolute atomic E-state index is 11.3. The predicted molar refractivity (Wildman–Crippen MR) is 94.2 cm³/mol.